The zero-order chi connectivity index (χ0) is 37.1. The molecule has 0 bridgehead atoms. The van der Waals surface area contributed by atoms with Crippen LogP contribution in [0.2, 0.25) is 0 Å². The number of piperidine rings is 2. The molecule has 0 radical (unpaired) electrons. The van der Waals surface area contributed by atoms with Crippen molar-refractivity contribution in [3.63, 3.8) is 0 Å². The molecule has 2 aromatic rings. The number of carbonyl (C=O) groups is 10. The Balaban J connectivity index is 0.906. The molecule has 4 heterocycles. The summed E-state index contributed by atoms with van der Waals surface area (Å²) in [6.07, 6.45) is 0.907. The third-order valence-corrected chi connectivity index (χ3v) is 8.83. The van der Waals surface area contributed by atoms with Gasteiger partial charge in [0.2, 0.25) is 23.6 Å². The van der Waals surface area contributed by atoms with E-state index < -0.39 is 84.4 Å². The van der Waals surface area contributed by atoms with Gasteiger partial charge in [0.05, 0.1) is 22.3 Å². The van der Waals surface area contributed by atoms with E-state index in [1.807, 2.05) is 0 Å². The Morgan fingerprint density at radius 3 is 1.40 bits per heavy atom. The molecule has 4 N–H and O–H groups in total. The van der Waals surface area contributed by atoms with E-state index in [1.54, 1.807) is 0 Å². The number of imide groups is 4. The first-order valence-electron chi connectivity index (χ1n) is 16.4. The smallest absolute Gasteiger partial charge is 0.266 e. The van der Waals surface area contributed by atoms with E-state index in [4.69, 9.17) is 9.47 Å². The Bertz CT molecular complexity index is 1810. The number of ether oxygens (including phenoxy) is 2. The van der Waals surface area contributed by atoms with Crippen LogP contribution in [0, 0.1) is 0 Å². The van der Waals surface area contributed by atoms with E-state index in [0.29, 0.717) is 12.8 Å². The Labute approximate surface area is 294 Å². The highest BCUT2D eigenvalue weighted by molar-refractivity contribution is 6.25. The van der Waals surface area contributed by atoms with Gasteiger partial charge in [-0.1, -0.05) is 12.1 Å². The average molecular weight is 717 g/mol. The van der Waals surface area contributed by atoms with Crippen molar-refractivity contribution < 1.29 is 57.4 Å². The first-order chi connectivity index (χ1) is 25.0. The molecule has 4 aliphatic heterocycles. The van der Waals surface area contributed by atoms with E-state index >= 15 is 0 Å². The van der Waals surface area contributed by atoms with Crippen molar-refractivity contribution in [1.29, 1.82) is 0 Å². The van der Waals surface area contributed by atoms with E-state index in [2.05, 4.69) is 21.3 Å². The van der Waals surface area contributed by atoms with Gasteiger partial charge < -0.3 is 20.1 Å². The lowest BCUT2D eigenvalue weighted by molar-refractivity contribution is -0.137. The molecule has 0 saturated carbocycles. The van der Waals surface area contributed by atoms with Gasteiger partial charge in [0.1, 0.15) is 23.6 Å². The maximum atomic E-state index is 13.2. The fourth-order valence-corrected chi connectivity index (χ4v) is 6.30. The van der Waals surface area contributed by atoms with Crippen molar-refractivity contribution in [2.45, 2.75) is 50.6 Å². The third-order valence-electron chi connectivity index (χ3n) is 8.83. The van der Waals surface area contributed by atoms with Crippen molar-refractivity contribution in [3.05, 3.63) is 58.7 Å². The number of amides is 10. The minimum Gasteiger partial charge on any atom is -0.483 e. The summed E-state index contributed by atoms with van der Waals surface area (Å²) in [6, 6.07) is 6.36. The predicted octanol–water partition coefficient (Wildman–Crippen LogP) is -1.04. The number of hydrogen-bond acceptors (Lipinski definition) is 12. The van der Waals surface area contributed by atoms with Crippen LogP contribution in [0.3, 0.4) is 0 Å². The summed E-state index contributed by atoms with van der Waals surface area (Å²) in [5.41, 5.74) is -0.105. The largest absolute Gasteiger partial charge is 0.483 e. The number of unbranched alkanes of at least 4 members (excludes halogenated alkanes) is 1. The van der Waals surface area contributed by atoms with Crippen LogP contribution in [0.5, 0.6) is 11.5 Å². The van der Waals surface area contributed by atoms with Gasteiger partial charge in [-0.3, -0.25) is 68.4 Å². The number of benzene rings is 2. The minimum atomic E-state index is -1.14. The highest BCUT2D eigenvalue weighted by Crippen LogP contribution is 2.35. The minimum absolute atomic E-state index is 0.00145. The SMILES string of the molecule is O=C(COc1cccc2c1C(=O)N(C1CCC(=O)NC1=O)C2=O)NCCCCNC(=O)COc1cccc2c1C(=O)N(C1CCC(=O)NC1=O)C2=O. The third kappa shape index (κ3) is 6.94. The number of fused-ring (bicyclic) bond motifs is 2. The lowest BCUT2D eigenvalue weighted by Gasteiger charge is -2.27. The summed E-state index contributed by atoms with van der Waals surface area (Å²) in [6.45, 7) is -0.462. The van der Waals surface area contributed by atoms with Crippen molar-refractivity contribution in [1.82, 2.24) is 31.1 Å². The summed E-state index contributed by atoms with van der Waals surface area (Å²) >= 11 is 0. The topological polar surface area (TPSA) is 244 Å². The summed E-state index contributed by atoms with van der Waals surface area (Å²) in [7, 11) is 0. The Morgan fingerprint density at radius 1 is 0.615 bits per heavy atom. The molecule has 18 heteroatoms. The molecular weight excluding hydrogens is 684 g/mol. The van der Waals surface area contributed by atoms with Crippen molar-refractivity contribution in [2.24, 2.45) is 0 Å². The Hall–Kier alpha value is -6.46. The van der Waals surface area contributed by atoms with Crippen molar-refractivity contribution in [3.8, 4) is 11.5 Å². The first-order valence-corrected chi connectivity index (χ1v) is 16.4. The Kier molecular flexibility index (Phi) is 10.1. The number of hydrogen-bond donors (Lipinski definition) is 4. The van der Waals surface area contributed by atoms with Crippen LogP contribution in [0.4, 0.5) is 0 Å². The Morgan fingerprint density at radius 2 is 1.02 bits per heavy atom. The van der Waals surface area contributed by atoms with Crippen LogP contribution in [-0.2, 0) is 28.8 Å². The van der Waals surface area contributed by atoms with Gasteiger partial charge in [0.15, 0.2) is 13.2 Å². The van der Waals surface area contributed by atoms with Gasteiger partial charge in [0, 0.05) is 25.9 Å². The predicted molar refractivity (Wildman–Crippen MR) is 172 cm³/mol. The molecular formula is C34H32N6O12. The number of nitrogens with zero attached hydrogens (tertiary/aromatic N) is 2. The quantitative estimate of drug-likeness (QED) is 0.144. The molecule has 4 aliphatic rings. The van der Waals surface area contributed by atoms with Crippen LogP contribution in [0.1, 0.15) is 80.0 Å². The van der Waals surface area contributed by atoms with E-state index in [0.717, 1.165) is 9.80 Å². The molecule has 0 aromatic heterocycles. The maximum Gasteiger partial charge on any atom is 0.266 e. The summed E-state index contributed by atoms with van der Waals surface area (Å²) in [4.78, 5) is 126. The first kappa shape index (κ1) is 35.4. The van der Waals surface area contributed by atoms with Gasteiger partial charge in [-0.05, 0) is 49.9 Å². The lowest BCUT2D eigenvalue weighted by Crippen LogP contribution is -2.54. The summed E-state index contributed by atoms with van der Waals surface area (Å²) < 4.78 is 11.1. The maximum absolute atomic E-state index is 13.2. The molecule has 2 saturated heterocycles. The van der Waals surface area contributed by atoms with Crippen LogP contribution in [0.25, 0.3) is 0 Å². The summed E-state index contributed by atoms with van der Waals surface area (Å²) in [5.74, 6) is -6.40. The summed E-state index contributed by atoms with van der Waals surface area (Å²) in [5, 5.41) is 9.57. The molecule has 52 heavy (non-hydrogen) atoms. The zero-order valence-electron chi connectivity index (χ0n) is 27.5. The van der Waals surface area contributed by atoms with Crippen molar-refractivity contribution >= 4 is 59.1 Å². The standard InChI is InChI=1S/C34H32N6O12/c41-23-11-9-19(29(45)37-23)39-31(47)17-5-3-7-21(27(17)33(39)49)51-15-25(43)35-13-1-2-14-36-26(44)16-52-22-8-4-6-18-28(22)34(50)40(32(18)48)20-10-12-24(42)38-30(20)46/h3-8,19-20H,1-2,9-16H2,(H,35,43)(H,36,44)(H,37,41,45)(H,38,42,46). The fraction of sp³-hybridized carbons (Fsp3) is 0.353. The van der Waals surface area contributed by atoms with Gasteiger partial charge >= 0.3 is 0 Å². The molecule has 2 atom stereocenters. The fourth-order valence-electron chi connectivity index (χ4n) is 6.30. The van der Waals surface area contributed by atoms with E-state index in [9.17, 15) is 47.9 Å². The number of nitrogens with one attached hydrogen (secondary N) is 4. The highest BCUT2D eigenvalue weighted by Gasteiger charge is 2.47. The lowest BCUT2D eigenvalue weighted by atomic mass is 10.0. The molecule has 270 valence electrons. The van der Waals surface area contributed by atoms with Crippen LogP contribution < -0.4 is 30.7 Å². The number of rotatable bonds is 13. The normalized spacial score (nSPS) is 19.6. The van der Waals surface area contributed by atoms with Crippen molar-refractivity contribution in [2.75, 3.05) is 26.3 Å². The monoisotopic (exact) mass is 716 g/mol. The molecule has 10 amide bonds. The molecule has 6 rings (SSSR count). The molecule has 0 spiro atoms. The second-order valence-corrected chi connectivity index (χ2v) is 12.2. The molecule has 2 unspecified atom stereocenters. The zero-order valence-corrected chi connectivity index (χ0v) is 27.5. The van der Waals surface area contributed by atoms with E-state index in [-0.39, 0.29) is 72.5 Å². The van der Waals surface area contributed by atoms with Gasteiger partial charge in [-0.15, -0.1) is 0 Å². The second-order valence-electron chi connectivity index (χ2n) is 12.2. The van der Waals surface area contributed by atoms with Crippen LogP contribution in [0.15, 0.2) is 36.4 Å². The average Bonchev–Trinajstić information content (AvgIpc) is 3.52. The van der Waals surface area contributed by atoms with Gasteiger partial charge in [0.25, 0.3) is 35.4 Å². The molecule has 2 aromatic carbocycles. The second kappa shape index (κ2) is 14.8. The van der Waals surface area contributed by atoms with Gasteiger partial charge in [-0.25, -0.2) is 0 Å². The van der Waals surface area contributed by atoms with Crippen LogP contribution in [-0.4, -0.2) is 107 Å². The highest BCUT2D eigenvalue weighted by atomic mass is 16.5. The molecule has 18 nitrogen and oxygen atoms in total. The van der Waals surface area contributed by atoms with Gasteiger partial charge in [-0.2, -0.15) is 0 Å². The van der Waals surface area contributed by atoms with E-state index in [1.165, 1.54) is 36.4 Å². The number of carbonyl (C=O) groups excluding carboxylic acids is 10. The van der Waals surface area contributed by atoms with Crippen LogP contribution >= 0.6 is 0 Å². The molecule has 0 aliphatic carbocycles. The molecule has 2 fully saturated rings.